The Balaban J connectivity index is 0.00000220. The Morgan fingerprint density at radius 3 is 2.38 bits per heavy atom. The van der Waals surface area contributed by atoms with E-state index < -0.39 is 0 Å². The Morgan fingerprint density at radius 2 is 1.81 bits per heavy atom. The van der Waals surface area contributed by atoms with E-state index in [1.54, 1.807) is 12.1 Å². The highest BCUT2D eigenvalue weighted by atomic mass is 35.5. The van der Waals surface area contributed by atoms with E-state index in [9.17, 15) is 9.59 Å². The lowest BCUT2D eigenvalue weighted by atomic mass is 10.1. The van der Waals surface area contributed by atoms with Crippen LogP contribution in [0.4, 0.5) is 5.69 Å². The molecular formula is C14H20ClN3O3. The minimum Gasteiger partial charge on any atom is -0.378 e. The van der Waals surface area contributed by atoms with Gasteiger partial charge in [-0.3, -0.25) is 9.59 Å². The second-order valence-corrected chi connectivity index (χ2v) is 4.62. The van der Waals surface area contributed by atoms with Crippen LogP contribution >= 0.6 is 12.4 Å². The largest absolute Gasteiger partial charge is 0.378 e. The fourth-order valence-corrected chi connectivity index (χ4v) is 2.02. The number of hydrogen-bond acceptors (Lipinski definition) is 4. The number of hydrogen-bond donors (Lipinski definition) is 2. The second kappa shape index (κ2) is 8.61. The number of benzene rings is 1. The zero-order chi connectivity index (χ0) is 14.4. The summed E-state index contributed by atoms with van der Waals surface area (Å²) >= 11 is 0. The van der Waals surface area contributed by atoms with E-state index in [2.05, 4.69) is 5.32 Å². The molecule has 1 heterocycles. The van der Waals surface area contributed by atoms with Crippen LogP contribution in [0.3, 0.4) is 0 Å². The summed E-state index contributed by atoms with van der Waals surface area (Å²) in [5, 5.41) is 2.66. The number of morpholine rings is 1. The fraction of sp³-hybridized carbons (Fsp3) is 0.429. The highest BCUT2D eigenvalue weighted by Crippen LogP contribution is 2.11. The van der Waals surface area contributed by atoms with Crippen LogP contribution < -0.4 is 11.1 Å². The number of anilines is 1. The van der Waals surface area contributed by atoms with Crippen LogP contribution in [0.25, 0.3) is 0 Å². The van der Waals surface area contributed by atoms with Gasteiger partial charge < -0.3 is 20.7 Å². The minimum atomic E-state index is -0.234. The fourth-order valence-electron chi connectivity index (χ4n) is 2.02. The quantitative estimate of drug-likeness (QED) is 0.843. The van der Waals surface area contributed by atoms with Crippen LogP contribution in [0.5, 0.6) is 0 Å². The maximum atomic E-state index is 12.1. The molecule has 1 aromatic carbocycles. The van der Waals surface area contributed by atoms with E-state index >= 15 is 0 Å². The van der Waals surface area contributed by atoms with Crippen LogP contribution in [0.15, 0.2) is 24.3 Å². The first-order valence-electron chi connectivity index (χ1n) is 6.63. The number of carbonyl (C=O) groups excluding carboxylic acids is 2. The molecule has 2 amide bonds. The average molecular weight is 314 g/mol. The highest BCUT2D eigenvalue weighted by Gasteiger charge is 2.16. The molecule has 6 nitrogen and oxygen atoms in total. The normalized spacial score (nSPS) is 14.2. The molecule has 2 rings (SSSR count). The predicted molar refractivity (Wildman–Crippen MR) is 82.5 cm³/mol. The first kappa shape index (κ1) is 17.4. The molecule has 1 aliphatic heterocycles. The van der Waals surface area contributed by atoms with E-state index in [0.717, 1.165) is 5.56 Å². The van der Waals surface area contributed by atoms with E-state index in [4.69, 9.17) is 10.5 Å². The van der Waals surface area contributed by atoms with Gasteiger partial charge in [-0.05, 0) is 17.7 Å². The molecule has 3 N–H and O–H groups in total. The third-order valence-electron chi connectivity index (χ3n) is 3.14. The highest BCUT2D eigenvalue weighted by molar-refractivity contribution is 5.92. The molecule has 0 aromatic heterocycles. The molecule has 7 heteroatoms. The third kappa shape index (κ3) is 5.34. The van der Waals surface area contributed by atoms with Crippen molar-refractivity contribution in [1.29, 1.82) is 0 Å². The zero-order valence-corrected chi connectivity index (χ0v) is 12.5. The molecule has 0 radical (unpaired) electrons. The number of nitrogens with two attached hydrogens (primary N) is 1. The van der Waals surface area contributed by atoms with Gasteiger partial charge >= 0.3 is 0 Å². The second-order valence-electron chi connectivity index (χ2n) is 4.62. The van der Waals surface area contributed by atoms with Crippen molar-refractivity contribution in [2.24, 2.45) is 5.73 Å². The molecule has 0 spiro atoms. The maximum Gasteiger partial charge on any atom is 0.238 e. The third-order valence-corrected chi connectivity index (χ3v) is 3.14. The molecule has 1 aliphatic rings. The summed E-state index contributed by atoms with van der Waals surface area (Å²) < 4.78 is 5.22. The van der Waals surface area contributed by atoms with Crippen molar-refractivity contribution in [3.8, 4) is 0 Å². The number of rotatable bonds is 4. The van der Waals surface area contributed by atoms with Gasteiger partial charge in [0.2, 0.25) is 11.8 Å². The van der Waals surface area contributed by atoms with Gasteiger partial charge in [-0.25, -0.2) is 0 Å². The lowest BCUT2D eigenvalue weighted by molar-refractivity contribution is -0.134. The Kier molecular flexibility index (Phi) is 7.14. The van der Waals surface area contributed by atoms with E-state index in [-0.39, 0.29) is 30.8 Å². The zero-order valence-electron chi connectivity index (χ0n) is 11.7. The van der Waals surface area contributed by atoms with Gasteiger partial charge in [-0.15, -0.1) is 12.4 Å². The van der Waals surface area contributed by atoms with Crippen molar-refractivity contribution in [1.82, 2.24) is 4.90 Å². The lowest BCUT2D eigenvalue weighted by Crippen LogP contribution is -2.41. The Morgan fingerprint density at radius 1 is 1.19 bits per heavy atom. The number of carbonyl (C=O) groups is 2. The molecular weight excluding hydrogens is 294 g/mol. The summed E-state index contributed by atoms with van der Waals surface area (Å²) in [5.74, 6) is -0.130. The van der Waals surface area contributed by atoms with Crippen LogP contribution in [0, 0.1) is 0 Å². The van der Waals surface area contributed by atoms with Crippen LogP contribution in [0.2, 0.25) is 0 Å². The standard InChI is InChI=1S/C14H19N3O3.ClH/c15-10-13(18)16-12-3-1-11(2-4-12)9-14(19)17-5-7-20-8-6-17;/h1-4H,5-10,15H2,(H,16,18);1H. The summed E-state index contributed by atoms with van der Waals surface area (Å²) in [6, 6.07) is 7.22. The monoisotopic (exact) mass is 313 g/mol. The van der Waals surface area contributed by atoms with Crippen molar-refractivity contribution < 1.29 is 14.3 Å². The Labute approximate surface area is 130 Å². The van der Waals surface area contributed by atoms with Gasteiger partial charge in [0.05, 0.1) is 26.2 Å². The van der Waals surface area contributed by atoms with Gasteiger partial charge in [0, 0.05) is 18.8 Å². The summed E-state index contributed by atoms with van der Waals surface area (Å²) in [5.41, 5.74) is 6.83. The smallest absolute Gasteiger partial charge is 0.238 e. The van der Waals surface area contributed by atoms with Gasteiger partial charge in [0.25, 0.3) is 0 Å². The van der Waals surface area contributed by atoms with E-state index in [1.165, 1.54) is 0 Å². The van der Waals surface area contributed by atoms with Crippen LogP contribution in [-0.2, 0) is 20.7 Å². The van der Waals surface area contributed by atoms with Gasteiger partial charge in [-0.1, -0.05) is 12.1 Å². The summed E-state index contributed by atoms with van der Waals surface area (Å²) in [7, 11) is 0. The molecule has 1 aromatic rings. The number of amides is 2. The van der Waals surface area contributed by atoms with Gasteiger partial charge in [0.15, 0.2) is 0 Å². The molecule has 0 saturated carbocycles. The van der Waals surface area contributed by atoms with E-state index in [1.807, 2.05) is 17.0 Å². The minimum absolute atomic E-state index is 0. The van der Waals surface area contributed by atoms with Crippen molar-refractivity contribution in [2.75, 3.05) is 38.2 Å². The number of nitrogens with one attached hydrogen (secondary N) is 1. The van der Waals surface area contributed by atoms with Crippen molar-refractivity contribution >= 4 is 29.9 Å². The predicted octanol–water partition coefficient (Wildman–Crippen LogP) is 0.407. The summed E-state index contributed by atoms with van der Waals surface area (Å²) in [4.78, 5) is 25.0. The van der Waals surface area contributed by atoms with Crippen molar-refractivity contribution in [2.45, 2.75) is 6.42 Å². The number of halogens is 1. The van der Waals surface area contributed by atoms with Crippen LogP contribution in [-0.4, -0.2) is 49.6 Å². The Bertz CT molecular complexity index is 473. The molecule has 1 saturated heterocycles. The summed E-state index contributed by atoms with van der Waals surface area (Å²) in [6.45, 7) is 2.48. The molecule has 0 bridgehead atoms. The molecule has 0 aliphatic carbocycles. The maximum absolute atomic E-state index is 12.1. The first-order valence-corrected chi connectivity index (χ1v) is 6.63. The first-order chi connectivity index (χ1) is 9.69. The summed E-state index contributed by atoms with van der Waals surface area (Å²) in [6.07, 6.45) is 0.366. The van der Waals surface area contributed by atoms with E-state index in [0.29, 0.717) is 38.4 Å². The number of ether oxygens (including phenoxy) is 1. The molecule has 0 unspecified atom stereocenters. The molecule has 21 heavy (non-hydrogen) atoms. The number of nitrogens with zero attached hydrogens (tertiary/aromatic N) is 1. The SMILES string of the molecule is Cl.NCC(=O)Nc1ccc(CC(=O)N2CCOCC2)cc1. The molecule has 1 fully saturated rings. The lowest BCUT2D eigenvalue weighted by Gasteiger charge is -2.26. The van der Waals surface area contributed by atoms with Crippen molar-refractivity contribution in [3.05, 3.63) is 29.8 Å². The van der Waals surface area contributed by atoms with Crippen LogP contribution in [0.1, 0.15) is 5.56 Å². The molecule has 0 atom stereocenters. The topological polar surface area (TPSA) is 84.7 Å². The average Bonchev–Trinajstić information content (AvgIpc) is 2.50. The van der Waals surface area contributed by atoms with Crippen molar-refractivity contribution in [3.63, 3.8) is 0 Å². The van der Waals surface area contributed by atoms with Gasteiger partial charge in [0.1, 0.15) is 0 Å². The van der Waals surface area contributed by atoms with Gasteiger partial charge in [-0.2, -0.15) is 0 Å². The molecule has 116 valence electrons. The Hall–Kier alpha value is -1.63.